The highest BCUT2D eigenvalue weighted by atomic mass is 32.2. The summed E-state index contributed by atoms with van der Waals surface area (Å²) in [4.78, 5) is 0. The molecule has 2 N–H and O–H groups in total. The molecule has 21 heavy (non-hydrogen) atoms. The Morgan fingerprint density at radius 3 is 2.57 bits per heavy atom. The van der Waals surface area contributed by atoms with Crippen molar-refractivity contribution in [2.45, 2.75) is 50.9 Å². The molecule has 0 radical (unpaired) electrons. The minimum atomic E-state index is -0.0000435. The van der Waals surface area contributed by atoms with Crippen LogP contribution in [0.5, 0.6) is 0 Å². The Kier molecular flexibility index (Phi) is 3.99. The van der Waals surface area contributed by atoms with Gasteiger partial charge in [0.05, 0.1) is 6.04 Å². The highest BCUT2D eigenvalue weighted by Gasteiger charge is 2.28. The second-order valence-electron chi connectivity index (χ2n) is 5.87. The number of aryl methyl sites for hydroxylation is 3. The van der Waals surface area contributed by atoms with Crippen LogP contribution in [0.2, 0.25) is 0 Å². The van der Waals surface area contributed by atoms with E-state index >= 15 is 0 Å². The van der Waals surface area contributed by atoms with E-state index in [1.807, 2.05) is 4.68 Å². The predicted octanol–water partition coefficient (Wildman–Crippen LogP) is 2.73. The summed E-state index contributed by atoms with van der Waals surface area (Å²) in [5.41, 5.74) is 11.5. The van der Waals surface area contributed by atoms with Crippen molar-refractivity contribution < 1.29 is 0 Å². The average molecular weight is 303 g/mol. The maximum atomic E-state index is 6.41. The van der Waals surface area contributed by atoms with Gasteiger partial charge in [-0.05, 0) is 60.7 Å². The summed E-state index contributed by atoms with van der Waals surface area (Å²) in [5.74, 6) is 0.790. The van der Waals surface area contributed by atoms with Gasteiger partial charge in [0.1, 0.15) is 0 Å². The molecule has 0 aliphatic heterocycles. The van der Waals surface area contributed by atoms with Crippen LogP contribution in [-0.2, 0) is 0 Å². The molecular weight excluding hydrogens is 282 g/mol. The zero-order valence-electron chi connectivity index (χ0n) is 12.7. The number of hydrogen-bond donors (Lipinski definition) is 1. The predicted molar refractivity (Wildman–Crippen MR) is 84.4 cm³/mol. The van der Waals surface area contributed by atoms with E-state index in [2.05, 4.69) is 48.4 Å². The van der Waals surface area contributed by atoms with Gasteiger partial charge in [0.15, 0.2) is 0 Å². The highest BCUT2D eigenvalue weighted by Crippen LogP contribution is 2.37. The van der Waals surface area contributed by atoms with Crippen LogP contribution in [0.25, 0.3) is 0 Å². The second kappa shape index (κ2) is 5.77. The molecule has 0 saturated heterocycles. The van der Waals surface area contributed by atoms with Gasteiger partial charge in [-0.3, -0.25) is 0 Å². The molecule has 0 bridgehead atoms. The highest BCUT2D eigenvalue weighted by molar-refractivity contribution is 7.99. The summed E-state index contributed by atoms with van der Waals surface area (Å²) in [6, 6.07) is 4.89. The Balaban J connectivity index is 1.72. The quantitative estimate of drug-likeness (QED) is 0.860. The lowest BCUT2D eigenvalue weighted by Crippen LogP contribution is -2.16. The molecule has 1 atom stereocenters. The molecule has 1 heterocycles. The van der Waals surface area contributed by atoms with Crippen molar-refractivity contribution in [2.24, 2.45) is 5.73 Å². The fourth-order valence-corrected chi connectivity index (χ4v) is 3.76. The Labute approximate surface area is 129 Å². The topological polar surface area (TPSA) is 69.6 Å². The molecular formula is C15H21N5S. The van der Waals surface area contributed by atoms with Crippen molar-refractivity contribution in [3.8, 4) is 0 Å². The number of hydrogen-bond acceptors (Lipinski definition) is 5. The molecule has 112 valence electrons. The van der Waals surface area contributed by atoms with Crippen LogP contribution in [0, 0.1) is 20.8 Å². The Morgan fingerprint density at radius 2 is 1.95 bits per heavy atom. The number of tetrazole rings is 1. The van der Waals surface area contributed by atoms with Gasteiger partial charge in [0.25, 0.3) is 0 Å². The fraction of sp³-hybridized carbons (Fsp3) is 0.533. The first kappa shape index (κ1) is 14.5. The van der Waals surface area contributed by atoms with Crippen molar-refractivity contribution >= 4 is 11.8 Å². The number of benzene rings is 1. The summed E-state index contributed by atoms with van der Waals surface area (Å²) < 4.78 is 1.94. The van der Waals surface area contributed by atoms with Gasteiger partial charge >= 0.3 is 0 Å². The van der Waals surface area contributed by atoms with Crippen LogP contribution < -0.4 is 5.73 Å². The first-order chi connectivity index (χ1) is 10.1. The van der Waals surface area contributed by atoms with E-state index < -0.39 is 0 Å². The van der Waals surface area contributed by atoms with Crippen LogP contribution in [0.3, 0.4) is 0 Å². The van der Waals surface area contributed by atoms with Gasteiger partial charge < -0.3 is 5.73 Å². The van der Waals surface area contributed by atoms with Crippen LogP contribution in [0.15, 0.2) is 17.3 Å². The molecule has 2 aromatic rings. The molecule has 1 fully saturated rings. The van der Waals surface area contributed by atoms with Gasteiger partial charge in [-0.2, -0.15) is 0 Å². The minimum Gasteiger partial charge on any atom is -0.323 e. The van der Waals surface area contributed by atoms with Crippen LogP contribution in [0.4, 0.5) is 0 Å². The second-order valence-corrected chi connectivity index (χ2v) is 6.85. The lowest BCUT2D eigenvalue weighted by atomic mass is 9.95. The number of nitrogens with two attached hydrogens (primary N) is 1. The summed E-state index contributed by atoms with van der Waals surface area (Å²) in [5, 5.41) is 12.8. The summed E-state index contributed by atoms with van der Waals surface area (Å²) in [7, 11) is 0. The lowest BCUT2D eigenvalue weighted by molar-refractivity contribution is 0.565. The fourth-order valence-electron chi connectivity index (χ4n) is 2.85. The number of thioether (sulfide) groups is 1. The van der Waals surface area contributed by atoms with Gasteiger partial charge in [-0.1, -0.05) is 29.5 Å². The molecule has 0 spiro atoms. The van der Waals surface area contributed by atoms with E-state index in [-0.39, 0.29) is 6.04 Å². The SMILES string of the molecule is Cc1cc(C)c(C(N)CSc2nnnn2C2CC2)c(C)c1. The molecule has 3 rings (SSSR count). The van der Waals surface area contributed by atoms with Crippen molar-refractivity contribution in [2.75, 3.05) is 5.75 Å². The number of nitrogens with zero attached hydrogens (tertiary/aromatic N) is 4. The first-order valence-electron chi connectivity index (χ1n) is 7.30. The molecule has 5 nitrogen and oxygen atoms in total. The van der Waals surface area contributed by atoms with Crippen molar-refractivity contribution in [1.82, 2.24) is 20.2 Å². The van der Waals surface area contributed by atoms with E-state index in [0.29, 0.717) is 6.04 Å². The minimum absolute atomic E-state index is 0.0000435. The molecule has 1 aliphatic carbocycles. The van der Waals surface area contributed by atoms with Crippen LogP contribution in [0.1, 0.15) is 47.2 Å². The summed E-state index contributed by atoms with van der Waals surface area (Å²) in [6.45, 7) is 6.38. The van der Waals surface area contributed by atoms with Gasteiger partial charge in [0, 0.05) is 11.8 Å². The number of aromatic nitrogens is 4. The largest absolute Gasteiger partial charge is 0.323 e. The van der Waals surface area contributed by atoms with E-state index in [0.717, 1.165) is 10.9 Å². The normalized spacial score (nSPS) is 16.2. The Bertz CT molecular complexity index is 624. The smallest absolute Gasteiger partial charge is 0.209 e. The monoisotopic (exact) mass is 303 g/mol. The Morgan fingerprint density at radius 1 is 1.29 bits per heavy atom. The van der Waals surface area contributed by atoms with Gasteiger partial charge in [-0.15, -0.1) is 5.10 Å². The summed E-state index contributed by atoms with van der Waals surface area (Å²) >= 11 is 1.65. The number of rotatable bonds is 5. The van der Waals surface area contributed by atoms with E-state index in [4.69, 9.17) is 5.73 Å². The molecule has 1 aromatic carbocycles. The maximum Gasteiger partial charge on any atom is 0.209 e. The molecule has 1 saturated carbocycles. The maximum absolute atomic E-state index is 6.41. The molecule has 1 aliphatic rings. The van der Waals surface area contributed by atoms with Gasteiger partial charge in [0.2, 0.25) is 5.16 Å². The molecule has 1 aromatic heterocycles. The van der Waals surface area contributed by atoms with Crippen molar-refractivity contribution in [3.63, 3.8) is 0 Å². The zero-order valence-corrected chi connectivity index (χ0v) is 13.5. The van der Waals surface area contributed by atoms with Crippen molar-refractivity contribution in [1.29, 1.82) is 0 Å². The zero-order chi connectivity index (χ0) is 15.0. The lowest BCUT2D eigenvalue weighted by Gasteiger charge is -2.18. The first-order valence-corrected chi connectivity index (χ1v) is 8.29. The Hall–Kier alpha value is -1.40. The standard InChI is InChI=1S/C15H21N5S/c1-9-6-10(2)14(11(3)7-9)13(16)8-21-15-17-18-19-20(15)12-4-5-12/h6-7,12-13H,4-5,8,16H2,1-3H3. The van der Waals surface area contributed by atoms with E-state index in [9.17, 15) is 0 Å². The van der Waals surface area contributed by atoms with Crippen molar-refractivity contribution in [3.05, 3.63) is 34.4 Å². The van der Waals surface area contributed by atoms with E-state index in [1.165, 1.54) is 35.1 Å². The molecule has 1 unspecified atom stereocenters. The third-order valence-corrected chi connectivity index (χ3v) is 4.91. The van der Waals surface area contributed by atoms with Crippen LogP contribution >= 0.6 is 11.8 Å². The average Bonchev–Trinajstić information content (AvgIpc) is 3.14. The molecule has 6 heteroatoms. The third kappa shape index (κ3) is 3.11. The van der Waals surface area contributed by atoms with Crippen LogP contribution in [-0.4, -0.2) is 26.0 Å². The molecule has 0 amide bonds. The summed E-state index contributed by atoms with van der Waals surface area (Å²) in [6.07, 6.45) is 2.36. The van der Waals surface area contributed by atoms with Gasteiger partial charge in [-0.25, -0.2) is 4.68 Å². The third-order valence-electron chi connectivity index (χ3n) is 3.86. The van der Waals surface area contributed by atoms with E-state index in [1.54, 1.807) is 11.8 Å².